The second-order valence-corrected chi connectivity index (χ2v) is 3.85. The van der Waals surface area contributed by atoms with Crippen molar-refractivity contribution in [3.63, 3.8) is 0 Å². The van der Waals surface area contributed by atoms with E-state index in [1.54, 1.807) is 10.9 Å². The molecule has 1 aromatic carbocycles. The summed E-state index contributed by atoms with van der Waals surface area (Å²) in [5.74, 6) is 0.319. The van der Waals surface area contributed by atoms with E-state index in [1.165, 1.54) is 0 Å². The lowest BCUT2D eigenvalue weighted by molar-refractivity contribution is -0.754. The van der Waals surface area contributed by atoms with Crippen molar-refractivity contribution >= 4 is 21.8 Å². The fraction of sp³-hybridized carbons (Fsp3) is 0.111. The minimum absolute atomic E-state index is 0. The van der Waals surface area contributed by atoms with E-state index in [-0.39, 0.29) is 12.4 Å². The first-order chi connectivity index (χ1) is 6.74. The third kappa shape index (κ3) is 3.21. The van der Waals surface area contributed by atoms with Crippen molar-refractivity contribution in [2.75, 3.05) is 5.73 Å². The molecule has 6 heteroatoms. The van der Waals surface area contributed by atoms with Crippen LogP contribution in [0.4, 0.5) is 5.88 Å². The van der Waals surface area contributed by atoms with E-state index in [1.807, 2.05) is 24.3 Å². The van der Waals surface area contributed by atoms with E-state index in [4.69, 9.17) is 10.3 Å². The Hall–Kier alpha value is -1.07. The Morgan fingerprint density at radius 2 is 2.27 bits per heavy atom. The second-order valence-electron chi connectivity index (χ2n) is 2.93. The molecule has 1 heterocycles. The lowest BCUT2D eigenvalue weighted by atomic mass is 10.2. The fourth-order valence-electron chi connectivity index (χ4n) is 1.19. The number of hydrogen-bond acceptors (Lipinski definition) is 3. The zero-order valence-corrected chi connectivity index (χ0v) is 10.1. The first kappa shape index (κ1) is 12.0. The van der Waals surface area contributed by atoms with Gasteiger partial charge in [-0.3, -0.25) is 4.52 Å². The summed E-state index contributed by atoms with van der Waals surface area (Å²) in [6.07, 6.45) is 1.65. The van der Waals surface area contributed by atoms with Gasteiger partial charge in [0.1, 0.15) is 0 Å². The number of halogens is 2. The van der Waals surface area contributed by atoms with Crippen molar-refractivity contribution in [2.24, 2.45) is 0 Å². The van der Waals surface area contributed by atoms with Gasteiger partial charge in [0.25, 0.3) is 12.1 Å². The SMILES string of the molecule is Nc1c[n+](Cc2cccc(Br)c2)no1.[Cl-]. The topological polar surface area (TPSA) is 55.9 Å². The molecule has 0 saturated heterocycles. The Kier molecular flexibility index (Phi) is 4.11. The van der Waals surface area contributed by atoms with Gasteiger partial charge in [-0.05, 0) is 16.8 Å². The highest BCUT2D eigenvalue weighted by Gasteiger charge is 2.09. The van der Waals surface area contributed by atoms with E-state index < -0.39 is 0 Å². The van der Waals surface area contributed by atoms with E-state index in [2.05, 4.69) is 21.2 Å². The quantitative estimate of drug-likeness (QED) is 0.675. The van der Waals surface area contributed by atoms with Crippen LogP contribution in [-0.2, 0) is 6.54 Å². The molecule has 2 aromatic rings. The normalized spacial score (nSPS) is 9.67. The van der Waals surface area contributed by atoms with Gasteiger partial charge in [-0.25, -0.2) is 0 Å². The van der Waals surface area contributed by atoms with E-state index >= 15 is 0 Å². The van der Waals surface area contributed by atoms with Crippen molar-refractivity contribution in [1.29, 1.82) is 0 Å². The van der Waals surface area contributed by atoms with Gasteiger partial charge in [-0.15, -0.1) is 0 Å². The third-order valence-corrected chi connectivity index (χ3v) is 2.25. The zero-order chi connectivity index (χ0) is 9.97. The summed E-state index contributed by atoms with van der Waals surface area (Å²) in [6.45, 7) is 0.653. The summed E-state index contributed by atoms with van der Waals surface area (Å²) < 4.78 is 7.44. The standard InChI is InChI=1S/C9H9BrN3O.ClH/c10-8-3-1-2-7(4-8)5-13-6-9(11)14-12-13;/h1-4,6H,5,11H2;1H/q+1;/p-1. The predicted molar refractivity (Wildman–Crippen MR) is 54.4 cm³/mol. The minimum atomic E-state index is 0. The summed E-state index contributed by atoms with van der Waals surface area (Å²) in [7, 11) is 0. The molecule has 0 unspecified atom stereocenters. The van der Waals surface area contributed by atoms with Crippen LogP contribution in [0.2, 0.25) is 0 Å². The zero-order valence-electron chi connectivity index (χ0n) is 7.73. The van der Waals surface area contributed by atoms with Crippen LogP contribution >= 0.6 is 15.9 Å². The van der Waals surface area contributed by atoms with Crippen LogP contribution in [0.15, 0.2) is 39.5 Å². The predicted octanol–water partition coefficient (Wildman–Crippen LogP) is -1.64. The molecular formula is C9H9BrClN3O. The minimum Gasteiger partial charge on any atom is -1.00 e. The molecular weight excluding hydrogens is 281 g/mol. The molecule has 0 radical (unpaired) electrons. The highest BCUT2D eigenvalue weighted by atomic mass is 79.9. The van der Waals surface area contributed by atoms with Crippen molar-refractivity contribution in [3.05, 3.63) is 40.5 Å². The molecule has 0 amide bonds. The van der Waals surface area contributed by atoms with Crippen LogP contribution in [0.5, 0.6) is 0 Å². The molecule has 2 N–H and O–H groups in total. The summed E-state index contributed by atoms with van der Waals surface area (Å²) in [6, 6.07) is 8.00. The second kappa shape index (κ2) is 5.14. The smallest absolute Gasteiger partial charge is 0.293 e. The number of rotatable bonds is 2. The highest BCUT2D eigenvalue weighted by molar-refractivity contribution is 9.10. The van der Waals surface area contributed by atoms with Gasteiger partial charge in [0.2, 0.25) is 11.8 Å². The van der Waals surface area contributed by atoms with Gasteiger partial charge < -0.3 is 18.1 Å². The number of aromatic nitrogens is 2. The van der Waals surface area contributed by atoms with E-state index in [0.717, 1.165) is 10.0 Å². The summed E-state index contributed by atoms with van der Waals surface area (Å²) >= 11 is 3.40. The number of hydrogen-bond donors (Lipinski definition) is 1. The first-order valence-corrected chi connectivity index (χ1v) is 4.90. The molecule has 4 nitrogen and oxygen atoms in total. The largest absolute Gasteiger partial charge is 1.00 e. The fourth-order valence-corrected chi connectivity index (χ4v) is 1.64. The van der Waals surface area contributed by atoms with Crippen LogP contribution in [0.25, 0.3) is 0 Å². The molecule has 0 fully saturated rings. The lowest BCUT2D eigenvalue weighted by Gasteiger charge is -1.93. The van der Waals surface area contributed by atoms with E-state index in [9.17, 15) is 0 Å². The summed E-state index contributed by atoms with van der Waals surface area (Å²) in [5, 5.41) is 3.74. The van der Waals surface area contributed by atoms with E-state index in [0.29, 0.717) is 12.4 Å². The lowest BCUT2D eigenvalue weighted by Crippen LogP contribution is -3.00. The molecule has 0 saturated carbocycles. The van der Waals surface area contributed by atoms with Gasteiger partial charge in [-0.2, -0.15) is 0 Å². The van der Waals surface area contributed by atoms with Gasteiger partial charge >= 0.3 is 0 Å². The van der Waals surface area contributed by atoms with Crippen molar-refractivity contribution in [3.8, 4) is 0 Å². The number of anilines is 1. The molecule has 15 heavy (non-hydrogen) atoms. The molecule has 0 aliphatic carbocycles. The molecule has 2 rings (SSSR count). The average molecular weight is 291 g/mol. The molecule has 0 spiro atoms. The first-order valence-electron chi connectivity index (χ1n) is 4.10. The van der Waals surface area contributed by atoms with Crippen molar-refractivity contribution < 1.29 is 21.6 Å². The molecule has 0 atom stereocenters. The molecule has 1 aromatic heterocycles. The Morgan fingerprint density at radius 3 is 2.87 bits per heavy atom. The van der Waals surface area contributed by atoms with Crippen LogP contribution in [-0.4, -0.2) is 5.27 Å². The summed E-state index contributed by atoms with van der Waals surface area (Å²) in [4.78, 5) is 0. The third-order valence-electron chi connectivity index (χ3n) is 1.76. The van der Waals surface area contributed by atoms with Crippen LogP contribution in [0.1, 0.15) is 5.56 Å². The number of nitrogens with two attached hydrogens (primary N) is 1. The number of nitrogen functional groups attached to an aromatic ring is 1. The van der Waals surface area contributed by atoms with Crippen LogP contribution in [0, 0.1) is 0 Å². The van der Waals surface area contributed by atoms with Gasteiger partial charge in [0.15, 0.2) is 0 Å². The highest BCUT2D eigenvalue weighted by Crippen LogP contribution is 2.11. The average Bonchev–Trinajstić information content (AvgIpc) is 2.51. The van der Waals surface area contributed by atoms with Crippen molar-refractivity contribution in [2.45, 2.75) is 6.54 Å². The van der Waals surface area contributed by atoms with Gasteiger partial charge in [-0.1, -0.05) is 28.1 Å². The maximum atomic E-state index is 5.40. The number of nitrogens with zero attached hydrogens (tertiary/aromatic N) is 2. The molecule has 0 aliphatic heterocycles. The Labute approximate surface area is 102 Å². The Balaban J connectivity index is 0.00000112. The van der Waals surface area contributed by atoms with Gasteiger partial charge in [0, 0.05) is 10.0 Å². The molecule has 80 valence electrons. The summed E-state index contributed by atoms with van der Waals surface area (Å²) in [5.41, 5.74) is 6.54. The van der Waals surface area contributed by atoms with Crippen LogP contribution < -0.4 is 22.8 Å². The molecule has 0 bridgehead atoms. The monoisotopic (exact) mass is 289 g/mol. The maximum absolute atomic E-state index is 5.40. The number of benzene rings is 1. The Morgan fingerprint density at radius 1 is 1.47 bits per heavy atom. The Bertz CT molecular complexity index is 446. The van der Waals surface area contributed by atoms with Crippen molar-refractivity contribution in [1.82, 2.24) is 5.27 Å². The van der Waals surface area contributed by atoms with Gasteiger partial charge in [0.05, 0.1) is 0 Å². The van der Waals surface area contributed by atoms with Crippen LogP contribution in [0.3, 0.4) is 0 Å². The molecule has 0 aliphatic rings. The maximum Gasteiger partial charge on any atom is 0.293 e.